The second kappa shape index (κ2) is 7.16. The fourth-order valence-electron chi connectivity index (χ4n) is 1.31. The Morgan fingerprint density at radius 2 is 2.12 bits per heavy atom. The van der Waals surface area contributed by atoms with Crippen LogP contribution in [0.1, 0.15) is 29.6 Å². The molecule has 1 amide bonds. The van der Waals surface area contributed by atoms with Gasteiger partial charge in [0.05, 0.1) is 21.7 Å². The molecule has 1 aromatic rings. The number of nitriles is 1. The normalized spacial score (nSPS) is 9.71. The van der Waals surface area contributed by atoms with Crippen LogP contribution in [0.25, 0.3) is 0 Å². The summed E-state index contributed by atoms with van der Waals surface area (Å²) in [6.45, 7) is 0.531. The molecule has 1 N–H and O–H groups in total. The van der Waals surface area contributed by atoms with Gasteiger partial charge >= 0.3 is 0 Å². The number of hydrogen-bond acceptors (Lipinski definition) is 2. The van der Waals surface area contributed by atoms with Crippen molar-refractivity contribution in [2.24, 2.45) is 0 Å². The van der Waals surface area contributed by atoms with E-state index in [-0.39, 0.29) is 10.9 Å². The Bertz CT molecular complexity index is 441. The van der Waals surface area contributed by atoms with Crippen LogP contribution in [-0.4, -0.2) is 12.5 Å². The van der Waals surface area contributed by atoms with Crippen molar-refractivity contribution >= 4 is 29.1 Å². The van der Waals surface area contributed by atoms with E-state index < -0.39 is 0 Å². The van der Waals surface area contributed by atoms with E-state index in [2.05, 4.69) is 11.4 Å². The maximum absolute atomic E-state index is 11.7. The number of benzene rings is 1. The smallest absolute Gasteiger partial charge is 0.252 e. The Balaban J connectivity index is 2.48. The molecule has 3 nitrogen and oxygen atoms in total. The third kappa shape index (κ3) is 4.26. The lowest BCUT2D eigenvalue weighted by atomic mass is 10.2. The number of halogens is 2. The Labute approximate surface area is 110 Å². The van der Waals surface area contributed by atoms with Gasteiger partial charge in [0.25, 0.3) is 5.91 Å². The number of rotatable bonds is 5. The Morgan fingerprint density at radius 3 is 2.82 bits per heavy atom. The second-order valence-electron chi connectivity index (χ2n) is 3.47. The van der Waals surface area contributed by atoms with Gasteiger partial charge in [-0.25, -0.2) is 0 Å². The summed E-state index contributed by atoms with van der Waals surface area (Å²) in [5, 5.41) is 11.7. The van der Waals surface area contributed by atoms with Crippen molar-refractivity contribution in [2.75, 3.05) is 6.54 Å². The van der Waals surface area contributed by atoms with Gasteiger partial charge in [0.1, 0.15) is 0 Å². The van der Waals surface area contributed by atoms with Crippen molar-refractivity contribution in [3.63, 3.8) is 0 Å². The lowest BCUT2D eigenvalue weighted by molar-refractivity contribution is 0.0953. The van der Waals surface area contributed by atoms with Gasteiger partial charge in [-0.2, -0.15) is 5.26 Å². The number of hydrogen-bond donors (Lipinski definition) is 1. The lowest BCUT2D eigenvalue weighted by Gasteiger charge is -2.06. The summed E-state index contributed by atoms with van der Waals surface area (Å²) in [6.07, 6.45) is 2.06. The summed E-state index contributed by atoms with van der Waals surface area (Å²) < 4.78 is 0. The van der Waals surface area contributed by atoms with E-state index in [1.807, 2.05) is 0 Å². The minimum absolute atomic E-state index is 0.241. The number of carbonyl (C=O) groups is 1. The maximum Gasteiger partial charge on any atom is 0.252 e. The molecule has 90 valence electrons. The topological polar surface area (TPSA) is 52.9 Å². The summed E-state index contributed by atoms with van der Waals surface area (Å²) in [6, 6.07) is 6.99. The molecule has 0 unspecified atom stereocenters. The monoisotopic (exact) mass is 270 g/mol. The van der Waals surface area contributed by atoms with Crippen LogP contribution in [0.15, 0.2) is 18.2 Å². The quantitative estimate of drug-likeness (QED) is 0.834. The average Bonchev–Trinajstić information content (AvgIpc) is 2.32. The largest absolute Gasteiger partial charge is 0.352 e. The molecule has 0 aliphatic heterocycles. The van der Waals surface area contributed by atoms with Gasteiger partial charge in [-0.05, 0) is 25.0 Å². The van der Waals surface area contributed by atoms with Gasteiger partial charge in [0.2, 0.25) is 0 Å². The minimum Gasteiger partial charge on any atom is -0.352 e. The van der Waals surface area contributed by atoms with Crippen molar-refractivity contribution in [3.05, 3.63) is 33.8 Å². The standard InChI is InChI=1S/C12H12Cl2N2O/c13-10-6-4-5-9(11(10)14)12(17)16-8-3-1-2-7-15/h4-6H,1-3,8H2,(H,16,17). The van der Waals surface area contributed by atoms with Gasteiger partial charge in [-0.3, -0.25) is 4.79 Å². The fraction of sp³-hybridized carbons (Fsp3) is 0.333. The molecule has 0 aliphatic carbocycles. The first-order valence-electron chi connectivity index (χ1n) is 5.26. The molecule has 0 heterocycles. The molecular weight excluding hydrogens is 259 g/mol. The first-order valence-corrected chi connectivity index (χ1v) is 6.01. The van der Waals surface area contributed by atoms with E-state index in [9.17, 15) is 4.79 Å². The van der Waals surface area contributed by atoms with E-state index >= 15 is 0 Å². The maximum atomic E-state index is 11.7. The van der Waals surface area contributed by atoms with Crippen LogP contribution in [0.4, 0.5) is 0 Å². The predicted octanol–water partition coefficient (Wildman–Crippen LogP) is 3.42. The highest BCUT2D eigenvalue weighted by Crippen LogP contribution is 2.25. The van der Waals surface area contributed by atoms with Gasteiger partial charge in [0, 0.05) is 13.0 Å². The van der Waals surface area contributed by atoms with Crippen LogP contribution in [0.3, 0.4) is 0 Å². The van der Waals surface area contributed by atoms with E-state index in [0.717, 1.165) is 12.8 Å². The van der Waals surface area contributed by atoms with Gasteiger partial charge < -0.3 is 5.32 Å². The highest BCUT2D eigenvalue weighted by molar-refractivity contribution is 6.43. The summed E-state index contributed by atoms with van der Waals surface area (Å²) >= 11 is 11.7. The van der Waals surface area contributed by atoms with Gasteiger partial charge in [-0.15, -0.1) is 0 Å². The van der Waals surface area contributed by atoms with Crippen LogP contribution in [0.2, 0.25) is 10.0 Å². The number of nitrogens with one attached hydrogen (secondary N) is 1. The van der Waals surface area contributed by atoms with E-state index in [4.69, 9.17) is 28.5 Å². The molecule has 0 radical (unpaired) electrons. The van der Waals surface area contributed by atoms with E-state index in [0.29, 0.717) is 23.6 Å². The van der Waals surface area contributed by atoms with Crippen molar-refractivity contribution in [1.82, 2.24) is 5.32 Å². The molecule has 17 heavy (non-hydrogen) atoms. The van der Waals surface area contributed by atoms with Crippen molar-refractivity contribution in [1.29, 1.82) is 5.26 Å². The molecule has 5 heteroatoms. The highest BCUT2D eigenvalue weighted by Gasteiger charge is 2.11. The van der Waals surface area contributed by atoms with Crippen LogP contribution in [0.5, 0.6) is 0 Å². The van der Waals surface area contributed by atoms with Crippen LogP contribution in [-0.2, 0) is 0 Å². The molecule has 0 aliphatic rings. The van der Waals surface area contributed by atoms with E-state index in [1.165, 1.54) is 0 Å². The first-order chi connectivity index (χ1) is 8.16. The third-order valence-electron chi connectivity index (χ3n) is 2.20. The predicted molar refractivity (Wildman–Crippen MR) is 68.3 cm³/mol. The van der Waals surface area contributed by atoms with Crippen LogP contribution >= 0.6 is 23.2 Å². The molecule has 0 spiro atoms. The molecule has 0 saturated heterocycles. The molecule has 0 fully saturated rings. The van der Waals surface area contributed by atoms with Crippen molar-refractivity contribution in [3.8, 4) is 6.07 Å². The first kappa shape index (κ1) is 13.8. The molecular formula is C12H12Cl2N2O. The summed E-state index contributed by atoms with van der Waals surface area (Å²) in [7, 11) is 0. The Morgan fingerprint density at radius 1 is 1.35 bits per heavy atom. The van der Waals surface area contributed by atoms with Crippen molar-refractivity contribution < 1.29 is 4.79 Å². The molecule has 0 saturated carbocycles. The third-order valence-corrected chi connectivity index (χ3v) is 3.02. The van der Waals surface area contributed by atoms with E-state index in [1.54, 1.807) is 18.2 Å². The molecule has 0 bridgehead atoms. The average molecular weight is 271 g/mol. The molecule has 0 atom stereocenters. The number of carbonyl (C=O) groups excluding carboxylic acids is 1. The van der Waals surface area contributed by atoms with Gasteiger partial charge in [0.15, 0.2) is 0 Å². The number of unbranched alkanes of at least 4 members (excludes halogenated alkanes) is 2. The SMILES string of the molecule is N#CCCCCNC(=O)c1cccc(Cl)c1Cl. The van der Waals surface area contributed by atoms with Gasteiger partial charge in [-0.1, -0.05) is 29.3 Å². The zero-order valence-corrected chi connectivity index (χ0v) is 10.7. The molecule has 1 rings (SSSR count). The highest BCUT2D eigenvalue weighted by atomic mass is 35.5. The minimum atomic E-state index is -0.241. The molecule has 0 aromatic heterocycles. The summed E-state index contributed by atoms with van der Waals surface area (Å²) in [5.74, 6) is -0.241. The van der Waals surface area contributed by atoms with Crippen LogP contribution in [0, 0.1) is 11.3 Å². The molecule has 1 aromatic carbocycles. The summed E-state index contributed by atoms with van der Waals surface area (Å²) in [5.41, 5.74) is 0.374. The van der Waals surface area contributed by atoms with Crippen LogP contribution < -0.4 is 5.32 Å². The number of nitrogens with zero attached hydrogens (tertiary/aromatic N) is 1. The Hall–Kier alpha value is -1.24. The van der Waals surface area contributed by atoms with Crippen molar-refractivity contribution in [2.45, 2.75) is 19.3 Å². The fourth-order valence-corrected chi connectivity index (χ4v) is 1.69. The summed E-state index contributed by atoms with van der Waals surface area (Å²) in [4.78, 5) is 11.7. The second-order valence-corrected chi connectivity index (χ2v) is 4.26. The lowest BCUT2D eigenvalue weighted by Crippen LogP contribution is -2.24. The Kier molecular flexibility index (Phi) is 5.82. The zero-order valence-electron chi connectivity index (χ0n) is 9.17. The zero-order chi connectivity index (χ0) is 12.7. The number of amides is 1.